The lowest BCUT2D eigenvalue weighted by Gasteiger charge is -2.33. The Labute approximate surface area is 165 Å². The van der Waals surface area contributed by atoms with E-state index in [1.807, 2.05) is 18.2 Å². The molecule has 1 N–H and O–H groups in total. The molecule has 28 heavy (non-hydrogen) atoms. The van der Waals surface area contributed by atoms with E-state index in [0.29, 0.717) is 6.54 Å². The van der Waals surface area contributed by atoms with Crippen molar-refractivity contribution in [2.75, 3.05) is 18.0 Å². The van der Waals surface area contributed by atoms with Gasteiger partial charge in [-0.25, -0.2) is 9.78 Å². The number of nitrogens with one attached hydrogen (secondary N) is 1. The molecule has 8 nitrogen and oxygen atoms in total. The minimum Gasteiger partial charge on any atom is -0.346 e. The summed E-state index contributed by atoms with van der Waals surface area (Å²) >= 11 is 1.64. The summed E-state index contributed by atoms with van der Waals surface area (Å²) < 4.78 is 3.32. The summed E-state index contributed by atoms with van der Waals surface area (Å²) in [6, 6.07) is 9.14. The van der Waals surface area contributed by atoms with Crippen LogP contribution in [0.3, 0.4) is 0 Å². The number of hydrogen-bond acceptors (Lipinski definition) is 6. The van der Waals surface area contributed by atoms with Crippen LogP contribution in [0, 0.1) is 0 Å². The van der Waals surface area contributed by atoms with Crippen LogP contribution < -0.4 is 21.5 Å². The van der Waals surface area contributed by atoms with E-state index < -0.39 is 17.2 Å². The molecule has 0 aliphatic carbocycles. The van der Waals surface area contributed by atoms with E-state index in [1.54, 1.807) is 11.3 Å². The molecule has 2 aromatic heterocycles. The van der Waals surface area contributed by atoms with Gasteiger partial charge in [0.05, 0.1) is 10.2 Å². The number of nitrogens with zero attached hydrogens (tertiary/aromatic N) is 4. The largest absolute Gasteiger partial charge is 0.346 e. The number of anilines is 1. The second-order valence-corrected chi connectivity index (χ2v) is 8.00. The molecule has 0 bridgehead atoms. The molecule has 0 spiro atoms. The molecule has 1 amide bonds. The zero-order chi connectivity index (χ0) is 19.8. The highest BCUT2D eigenvalue weighted by Crippen LogP contribution is 2.30. The molecule has 0 radical (unpaired) electrons. The topological polar surface area (TPSA) is 89.2 Å². The number of amides is 1. The Morgan fingerprint density at radius 2 is 2.00 bits per heavy atom. The molecule has 4 rings (SSSR count). The zero-order valence-corrected chi connectivity index (χ0v) is 16.5. The van der Waals surface area contributed by atoms with Crippen LogP contribution in [0.1, 0.15) is 23.3 Å². The summed E-state index contributed by atoms with van der Waals surface area (Å²) in [5.41, 5.74) is 0.0411. The van der Waals surface area contributed by atoms with Gasteiger partial charge in [-0.15, -0.1) is 0 Å². The number of rotatable bonds is 3. The van der Waals surface area contributed by atoms with E-state index >= 15 is 0 Å². The molecule has 0 unspecified atom stereocenters. The third-order valence-corrected chi connectivity index (χ3v) is 6.17. The van der Waals surface area contributed by atoms with Gasteiger partial charge >= 0.3 is 5.69 Å². The fourth-order valence-corrected chi connectivity index (χ4v) is 4.47. The smallest absolute Gasteiger partial charge is 0.331 e. The fraction of sp³-hybridized carbons (Fsp3) is 0.368. The maximum Gasteiger partial charge on any atom is 0.331 e. The first-order chi connectivity index (χ1) is 13.4. The molecule has 1 fully saturated rings. The molecule has 1 saturated heterocycles. The van der Waals surface area contributed by atoms with Gasteiger partial charge in [0.2, 0.25) is 0 Å². The predicted molar refractivity (Wildman–Crippen MR) is 109 cm³/mol. The van der Waals surface area contributed by atoms with Crippen LogP contribution in [-0.2, 0) is 14.1 Å². The molecular formula is C19H21N5O3S. The van der Waals surface area contributed by atoms with Gasteiger partial charge in [-0.2, -0.15) is 0 Å². The van der Waals surface area contributed by atoms with Crippen molar-refractivity contribution in [2.45, 2.75) is 18.9 Å². The molecule has 1 aliphatic rings. The Balaban J connectivity index is 1.52. The molecule has 0 saturated carbocycles. The van der Waals surface area contributed by atoms with Gasteiger partial charge in [0.1, 0.15) is 5.69 Å². The number of fused-ring (bicyclic) bond motifs is 1. The van der Waals surface area contributed by atoms with Crippen molar-refractivity contribution in [3.05, 3.63) is 56.9 Å². The quantitative estimate of drug-likeness (QED) is 0.712. The van der Waals surface area contributed by atoms with Gasteiger partial charge in [0.15, 0.2) is 5.13 Å². The van der Waals surface area contributed by atoms with Crippen molar-refractivity contribution in [3.63, 3.8) is 0 Å². The maximum absolute atomic E-state index is 12.7. The van der Waals surface area contributed by atoms with Crippen molar-refractivity contribution < 1.29 is 4.79 Å². The standard InChI is InChI=1S/C19H21N5O3S/c1-22-14(10-16(25)23(2)19(22)27)17(26)20-12-6-5-9-24(11-12)18-21-13-7-3-4-8-15(13)28-18/h3-4,7-8,10,12H,5-6,9,11H2,1-2H3,(H,20,26)/t12-/m0/s1. The number of aromatic nitrogens is 3. The summed E-state index contributed by atoms with van der Waals surface area (Å²) in [7, 11) is 2.88. The number of benzene rings is 1. The number of carbonyl (C=O) groups excluding carboxylic acids is 1. The second-order valence-electron chi connectivity index (χ2n) is 6.99. The van der Waals surface area contributed by atoms with Crippen molar-refractivity contribution in [2.24, 2.45) is 14.1 Å². The molecule has 146 valence electrons. The average Bonchev–Trinajstić information content (AvgIpc) is 3.13. The molecule has 1 aromatic carbocycles. The number of para-hydroxylation sites is 1. The first-order valence-corrected chi connectivity index (χ1v) is 9.94. The average molecular weight is 399 g/mol. The molecule has 3 heterocycles. The number of thiazole rings is 1. The minimum absolute atomic E-state index is 0.0743. The van der Waals surface area contributed by atoms with Crippen LogP contribution in [0.4, 0.5) is 5.13 Å². The van der Waals surface area contributed by atoms with Gasteiger partial charge in [0.25, 0.3) is 11.5 Å². The van der Waals surface area contributed by atoms with E-state index in [9.17, 15) is 14.4 Å². The highest BCUT2D eigenvalue weighted by Gasteiger charge is 2.25. The molecule has 3 aromatic rings. The monoisotopic (exact) mass is 399 g/mol. The van der Waals surface area contributed by atoms with Crippen LogP contribution in [0.2, 0.25) is 0 Å². The number of piperidine rings is 1. The lowest BCUT2D eigenvalue weighted by molar-refractivity contribution is 0.0922. The van der Waals surface area contributed by atoms with Crippen LogP contribution in [0.15, 0.2) is 39.9 Å². The molecule has 9 heteroatoms. The van der Waals surface area contributed by atoms with Crippen LogP contribution in [-0.4, -0.2) is 39.2 Å². The Morgan fingerprint density at radius 3 is 2.79 bits per heavy atom. The van der Waals surface area contributed by atoms with Crippen LogP contribution >= 0.6 is 11.3 Å². The fourth-order valence-electron chi connectivity index (χ4n) is 3.47. The predicted octanol–water partition coefficient (Wildman–Crippen LogP) is 1.09. The lowest BCUT2D eigenvalue weighted by Crippen LogP contribution is -2.49. The van der Waals surface area contributed by atoms with Crippen molar-refractivity contribution in [3.8, 4) is 0 Å². The third kappa shape index (κ3) is 3.33. The minimum atomic E-state index is -0.516. The first-order valence-electron chi connectivity index (χ1n) is 9.12. The highest BCUT2D eigenvalue weighted by atomic mass is 32.1. The maximum atomic E-state index is 12.7. The van der Waals surface area contributed by atoms with Crippen molar-refractivity contribution in [1.29, 1.82) is 0 Å². The Kier molecular flexibility index (Phi) is 4.76. The van der Waals surface area contributed by atoms with E-state index in [1.165, 1.54) is 24.7 Å². The SMILES string of the molecule is Cn1c(C(=O)N[C@H]2CCCN(c3nc4ccccc4s3)C2)cc(=O)n(C)c1=O. The van der Waals surface area contributed by atoms with Gasteiger partial charge in [-0.3, -0.25) is 18.7 Å². The van der Waals surface area contributed by atoms with Crippen molar-refractivity contribution in [1.82, 2.24) is 19.4 Å². The summed E-state index contributed by atoms with van der Waals surface area (Å²) in [6.45, 7) is 1.53. The van der Waals surface area contributed by atoms with Crippen LogP contribution in [0.5, 0.6) is 0 Å². The van der Waals surface area contributed by atoms with E-state index in [4.69, 9.17) is 4.98 Å². The van der Waals surface area contributed by atoms with E-state index in [0.717, 1.165) is 39.3 Å². The highest BCUT2D eigenvalue weighted by molar-refractivity contribution is 7.22. The summed E-state index contributed by atoms with van der Waals surface area (Å²) in [4.78, 5) is 43.5. The second kappa shape index (κ2) is 7.23. The Hall–Kier alpha value is -2.94. The van der Waals surface area contributed by atoms with Gasteiger partial charge in [0, 0.05) is 39.3 Å². The number of carbonyl (C=O) groups is 1. The summed E-state index contributed by atoms with van der Waals surface area (Å²) in [5, 5.41) is 3.92. The summed E-state index contributed by atoms with van der Waals surface area (Å²) in [5.74, 6) is -0.409. The van der Waals surface area contributed by atoms with Gasteiger partial charge in [-0.05, 0) is 25.0 Å². The Bertz CT molecular complexity index is 1130. The third-order valence-electron chi connectivity index (χ3n) is 5.07. The van der Waals surface area contributed by atoms with Crippen molar-refractivity contribution >= 4 is 32.6 Å². The molecule has 1 aliphatic heterocycles. The van der Waals surface area contributed by atoms with E-state index in [-0.39, 0.29) is 11.7 Å². The zero-order valence-electron chi connectivity index (χ0n) is 15.7. The normalized spacial score (nSPS) is 17.1. The molecule has 1 atom stereocenters. The Morgan fingerprint density at radius 1 is 1.21 bits per heavy atom. The summed E-state index contributed by atoms with van der Waals surface area (Å²) in [6.07, 6.45) is 1.77. The van der Waals surface area contributed by atoms with Crippen LogP contribution in [0.25, 0.3) is 10.2 Å². The molecular weight excluding hydrogens is 378 g/mol. The van der Waals surface area contributed by atoms with Gasteiger partial charge < -0.3 is 10.2 Å². The lowest BCUT2D eigenvalue weighted by atomic mass is 10.1. The van der Waals surface area contributed by atoms with E-state index in [2.05, 4.69) is 16.3 Å². The van der Waals surface area contributed by atoms with Gasteiger partial charge in [-0.1, -0.05) is 23.5 Å². The number of hydrogen-bond donors (Lipinski definition) is 1. The first kappa shape index (κ1) is 18.4.